The van der Waals surface area contributed by atoms with E-state index in [1.165, 1.54) is 57.0 Å². The number of hydrogen-bond acceptors (Lipinski definition) is 0. The zero-order chi connectivity index (χ0) is 10.9. The van der Waals surface area contributed by atoms with Gasteiger partial charge in [-0.25, -0.2) is 0 Å². The van der Waals surface area contributed by atoms with Crippen LogP contribution in [-0.4, -0.2) is 33.6 Å². The zero-order valence-electron chi connectivity index (χ0n) is 10.2. The summed E-state index contributed by atoms with van der Waals surface area (Å²) in [5.41, 5.74) is -0.644. The Morgan fingerprint density at radius 1 is 0.714 bits per heavy atom. The fourth-order valence-electron chi connectivity index (χ4n) is 1.67. The third-order valence-corrected chi connectivity index (χ3v) is 9.60. The SMILES string of the molecule is CCCCP(=[Se])(CCCC)CCCC. The molecule has 0 saturated heterocycles. The van der Waals surface area contributed by atoms with E-state index >= 15 is 0 Å². The average Bonchev–Trinajstić information content (AvgIpc) is 2.21. The van der Waals surface area contributed by atoms with Gasteiger partial charge in [0.25, 0.3) is 0 Å². The van der Waals surface area contributed by atoms with Gasteiger partial charge in [0.1, 0.15) is 0 Å². The summed E-state index contributed by atoms with van der Waals surface area (Å²) in [5, 5.41) is 0. The fourth-order valence-corrected chi connectivity index (χ4v) is 7.46. The van der Waals surface area contributed by atoms with Crippen molar-refractivity contribution in [1.29, 1.82) is 0 Å². The first-order chi connectivity index (χ1) is 6.68. The molecule has 0 heterocycles. The van der Waals surface area contributed by atoms with E-state index in [4.69, 9.17) is 0 Å². The van der Waals surface area contributed by atoms with Gasteiger partial charge in [-0.2, -0.15) is 0 Å². The Kier molecular flexibility index (Phi) is 9.82. The van der Waals surface area contributed by atoms with E-state index in [2.05, 4.69) is 35.9 Å². The average molecular weight is 281 g/mol. The van der Waals surface area contributed by atoms with Gasteiger partial charge in [0, 0.05) is 0 Å². The van der Waals surface area contributed by atoms with Gasteiger partial charge < -0.3 is 0 Å². The first-order valence-corrected chi connectivity index (χ1v) is 10.8. The predicted molar refractivity (Wildman–Crippen MR) is 72.0 cm³/mol. The molecule has 14 heavy (non-hydrogen) atoms. The molecule has 0 aliphatic carbocycles. The number of rotatable bonds is 9. The fraction of sp³-hybridized carbons (Fsp3) is 1.00. The van der Waals surface area contributed by atoms with E-state index in [9.17, 15) is 0 Å². The Hall–Kier alpha value is 0.949. The van der Waals surface area contributed by atoms with E-state index in [0.29, 0.717) is 0 Å². The number of unbranched alkanes of at least 4 members (excludes halogenated alkanes) is 3. The van der Waals surface area contributed by atoms with E-state index in [-0.39, 0.29) is 0 Å². The molecule has 0 bridgehead atoms. The van der Waals surface area contributed by atoms with Crippen LogP contribution in [0.5, 0.6) is 0 Å². The van der Waals surface area contributed by atoms with Gasteiger partial charge in [-0.15, -0.1) is 0 Å². The minimum absolute atomic E-state index is 0.644. The van der Waals surface area contributed by atoms with Crippen LogP contribution in [0.25, 0.3) is 0 Å². The monoisotopic (exact) mass is 282 g/mol. The molecule has 0 aromatic rings. The molecule has 0 aliphatic rings. The van der Waals surface area contributed by atoms with Crippen molar-refractivity contribution >= 4 is 20.6 Å². The van der Waals surface area contributed by atoms with Crippen molar-refractivity contribution in [1.82, 2.24) is 0 Å². The molecule has 0 saturated carbocycles. The normalized spacial score (nSPS) is 11.9. The summed E-state index contributed by atoms with van der Waals surface area (Å²) < 4.78 is 0. The second-order valence-electron chi connectivity index (χ2n) is 4.29. The van der Waals surface area contributed by atoms with Gasteiger partial charge in [-0.3, -0.25) is 0 Å². The second kappa shape index (κ2) is 9.20. The Morgan fingerprint density at radius 3 is 1.21 bits per heavy atom. The molecule has 0 atom stereocenters. The summed E-state index contributed by atoms with van der Waals surface area (Å²) in [6, 6.07) is 0. The summed E-state index contributed by atoms with van der Waals surface area (Å²) in [4.78, 5) is 0. The Labute approximate surface area is 98.5 Å². The zero-order valence-corrected chi connectivity index (χ0v) is 12.8. The molecule has 86 valence electrons. The molecule has 0 aromatic heterocycles. The van der Waals surface area contributed by atoms with Gasteiger partial charge >= 0.3 is 98.4 Å². The molecule has 0 N–H and O–H groups in total. The van der Waals surface area contributed by atoms with Crippen LogP contribution in [0.1, 0.15) is 59.3 Å². The Morgan fingerprint density at radius 2 is 1.00 bits per heavy atom. The third-order valence-electron chi connectivity index (χ3n) is 2.76. The summed E-state index contributed by atoms with van der Waals surface area (Å²) in [6.07, 6.45) is 12.9. The van der Waals surface area contributed by atoms with Crippen LogP contribution >= 0.6 is 5.51 Å². The van der Waals surface area contributed by atoms with Gasteiger partial charge in [0.2, 0.25) is 0 Å². The van der Waals surface area contributed by atoms with Crippen molar-refractivity contribution < 1.29 is 0 Å². The molecule has 0 nitrogen and oxygen atoms in total. The van der Waals surface area contributed by atoms with E-state index < -0.39 is 5.51 Å². The second-order valence-corrected chi connectivity index (χ2v) is 12.6. The van der Waals surface area contributed by atoms with E-state index in [1.807, 2.05) is 0 Å². The van der Waals surface area contributed by atoms with Crippen molar-refractivity contribution in [2.24, 2.45) is 0 Å². The quantitative estimate of drug-likeness (QED) is 0.431. The van der Waals surface area contributed by atoms with Gasteiger partial charge in [0.05, 0.1) is 0 Å². The molecule has 0 rings (SSSR count). The predicted octanol–water partition coefficient (Wildman–Crippen LogP) is 4.49. The molecule has 0 aromatic carbocycles. The summed E-state index contributed by atoms with van der Waals surface area (Å²) in [7, 11) is 0. The van der Waals surface area contributed by atoms with Crippen molar-refractivity contribution in [2.75, 3.05) is 18.5 Å². The van der Waals surface area contributed by atoms with E-state index in [1.54, 1.807) is 0 Å². The van der Waals surface area contributed by atoms with Crippen molar-refractivity contribution in [2.45, 2.75) is 59.3 Å². The van der Waals surface area contributed by atoms with Crippen LogP contribution in [0.2, 0.25) is 0 Å². The molecule has 0 fully saturated rings. The molecule has 0 aliphatic heterocycles. The number of hydrogen-bond donors (Lipinski definition) is 0. The maximum absolute atomic E-state index is 3.61. The van der Waals surface area contributed by atoms with Crippen LogP contribution in [-0.2, 0) is 0 Å². The summed E-state index contributed by atoms with van der Waals surface area (Å²) in [6.45, 7) is 6.93. The molecular weight excluding hydrogens is 254 g/mol. The third kappa shape index (κ3) is 7.27. The topological polar surface area (TPSA) is 0 Å². The standard InChI is InChI=1S/C12H27PSe/c1-4-7-10-13(14,11-8-5-2)12-9-6-3/h4-12H2,1-3H3. The Balaban J connectivity index is 3.97. The van der Waals surface area contributed by atoms with E-state index in [0.717, 1.165) is 0 Å². The molecule has 2 heteroatoms. The van der Waals surface area contributed by atoms with Gasteiger partial charge in [-0.05, 0) is 0 Å². The summed E-state index contributed by atoms with van der Waals surface area (Å²) in [5.74, 6) is 0. The van der Waals surface area contributed by atoms with Crippen molar-refractivity contribution in [3.63, 3.8) is 0 Å². The van der Waals surface area contributed by atoms with Crippen LogP contribution < -0.4 is 0 Å². The maximum atomic E-state index is 3.61. The molecular formula is C12H27PSe. The Bertz CT molecular complexity index is 137. The summed E-state index contributed by atoms with van der Waals surface area (Å²) >= 11 is 3.61. The van der Waals surface area contributed by atoms with Crippen LogP contribution in [0.3, 0.4) is 0 Å². The first kappa shape index (κ1) is 14.9. The van der Waals surface area contributed by atoms with Gasteiger partial charge in [0.15, 0.2) is 0 Å². The van der Waals surface area contributed by atoms with Crippen LogP contribution in [0.15, 0.2) is 0 Å². The minimum atomic E-state index is -0.644. The van der Waals surface area contributed by atoms with Crippen LogP contribution in [0.4, 0.5) is 0 Å². The van der Waals surface area contributed by atoms with Crippen molar-refractivity contribution in [3.05, 3.63) is 0 Å². The first-order valence-electron chi connectivity index (χ1n) is 6.25. The van der Waals surface area contributed by atoms with Crippen LogP contribution in [0, 0.1) is 0 Å². The molecule has 0 spiro atoms. The molecule has 0 unspecified atom stereocenters. The van der Waals surface area contributed by atoms with Crippen molar-refractivity contribution in [3.8, 4) is 0 Å². The molecule has 0 amide bonds. The van der Waals surface area contributed by atoms with Gasteiger partial charge in [-0.1, -0.05) is 0 Å². The molecule has 0 radical (unpaired) electrons.